The van der Waals surface area contributed by atoms with E-state index in [2.05, 4.69) is 15.0 Å². The van der Waals surface area contributed by atoms with Gasteiger partial charge in [0.05, 0.1) is 23.6 Å². The molecule has 11 heteroatoms. The molecule has 1 amide bonds. The molecule has 3 heterocycles. The topological polar surface area (TPSA) is 97.5 Å². The average Bonchev–Trinajstić information content (AvgIpc) is 2.66. The molecule has 0 radical (unpaired) electrons. The van der Waals surface area contributed by atoms with E-state index in [0.29, 0.717) is 43.5 Å². The molecule has 28 heavy (non-hydrogen) atoms. The Kier molecular flexibility index (Phi) is 5.63. The number of rotatable bonds is 5. The maximum atomic E-state index is 12.6. The maximum absolute atomic E-state index is 12.6. The Morgan fingerprint density at radius 3 is 2.54 bits per heavy atom. The lowest BCUT2D eigenvalue weighted by atomic mass is 10.2. The summed E-state index contributed by atoms with van der Waals surface area (Å²) in [7, 11) is 0. The van der Waals surface area contributed by atoms with Crippen LogP contribution in [-0.4, -0.2) is 53.1 Å². The van der Waals surface area contributed by atoms with E-state index >= 15 is 0 Å². The van der Waals surface area contributed by atoms with Crippen molar-refractivity contribution in [1.29, 1.82) is 0 Å². The lowest BCUT2D eigenvalue weighted by Gasteiger charge is -2.34. The number of nitrogens with two attached hydrogens (primary N) is 1. The number of carbonyl (C=O) groups excluding carboxylic acids is 1. The van der Waals surface area contributed by atoms with Crippen LogP contribution in [0.3, 0.4) is 0 Å². The maximum Gasteiger partial charge on any atom is 0.419 e. The molecule has 3 rings (SSSR count). The molecule has 0 unspecified atom stereocenters. The van der Waals surface area contributed by atoms with E-state index in [1.165, 1.54) is 16.0 Å². The number of anilines is 2. The molecule has 2 aromatic heterocycles. The quantitative estimate of drug-likeness (QED) is 0.817. The minimum atomic E-state index is -4.51. The van der Waals surface area contributed by atoms with Gasteiger partial charge in [-0.15, -0.1) is 0 Å². The molecule has 0 aliphatic carbocycles. The summed E-state index contributed by atoms with van der Waals surface area (Å²) in [5.41, 5.74) is 5.29. The van der Waals surface area contributed by atoms with Gasteiger partial charge in [-0.3, -0.25) is 9.78 Å². The molecule has 0 saturated carbocycles. The molecule has 0 bridgehead atoms. The van der Waals surface area contributed by atoms with Gasteiger partial charge < -0.3 is 20.3 Å². The number of amides is 1. The SMILES string of the molecule is C[C@H](N)COc1cncc(N2CCN(c3ncc(C(F)(F)F)cn3)CC2=O)c1. The molecule has 0 aromatic carbocycles. The third-order valence-electron chi connectivity index (χ3n) is 3.99. The van der Waals surface area contributed by atoms with Crippen LogP contribution in [0.1, 0.15) is 12.5 Å². The molecule has 1 fully saturated rings. The minimum absolute atomic E-state index is 0.0592. The lowest BCUT2D eigenvalue weighted by molar-refractivity contribution is -0.138. The highest BCUT2D eigenvalue weighted by Crippen LogP contribution is 2.29. The van der Waals surface area contributed by atoms with Crippen molar-refractivity contribution in [3.63, 3.8) is 0 Å². The Hall–Kier alpha value is -2.95. The van der Waals surface area contributed by atoms with Gasteiger partial charge in [0.2, 0.25) is 11.9 Å². The van der Waals surface area contributed by atoms with E-state index < -0.39 is 11.7 Å². The predicted molar refractivity (Wildman–Crippen MR) is 95.0 cm³/mol. The Bertz CT molecular complexity index is 828. The fraction of sp³-hybridized carbons (Fsp3) is 0.412. The van der Waals surface area contributed by atoms with Crippen LogP contribution < -0.4 is 20.3 Å². The second-order valence-corrected chi connectivity index (χ2v) is 6.40. The number of halogens is 3. The molecule has 2 aromatic rings. The van der Waals surface area contributed by atoms with Gasteiger partial charge in [-0.2, -0.15) is 13.2 Å². The van der Waals surface area contributed by atoms with Crippen LogP contribution in [0.25, 0.3) is 0 Å². The summed E-state index contributed by atoms with van der Waals surface area (Å²) in [5, 5.41) is 0. The van der Waals surface area contributed by atoms with Crippen LogP contribution in [0, 0.1) is 0 Å². The zero-order chi connectivity index (χ0) is 20.3. The van der Waals surface area contributed by atoms with Gasteiger partial charge in [0, 0.05) is 37.6 Å². The van der Waals surface area contributed by atoms with Gasteiger partial charge in [0.1, 0.15) is 18.9 Å². The summed E-state index contributed by atoms with van der Waals surface area (Å²) >= 11 is 0. The summed E-state index contributed by atoms with van der Waals surface area (Å²) in [6.07, 6.45) is -0.0108. The number of nitrogens with zero attached hydrogens (tertiary/aromatic N) is 5. The molecule has 1 aliphatic heterocycles. The second kappa shape index (κ2) is 7.97. The van der Waals surface area contributed by atoms with Crippen LogP contribution in [0.2, 0.25) is 0 Å². The largest absolute Gasteiger partial charge is 0.490 e. The summed E-state index contributed by atoms with van der Waals surface area (Å²) in [4.78, 5) is 27.2. The van der Waals surface area contributed by atoms with E-state index in [4.69, 9.17) is 10.5 Å². The van der Waals surface area contributed by atoms with Gasteiger partial charge in [-0.1, -0.05) is 0 Å². The first-order valence-electron chi connectivity index (χ1n) is 8.52. The zero-order valence-electron chi connectivity index (χ0n) is 15.1. The first kappa shape index (κ1) is 19.8. The normalized spacial score (nSPS) is 16.2. The Morgan fingerprint density at radius 1 is 1.21 bits per heavy atom. The first-order chi connectivity index (χ1) is 13.2. The highest BCUT2D eigenvalue weighted by molar-refractivity contribution is 5.97. The van der Waals surface area contributed by atoms with Crippen LogP contribution in [0.15, 0.2) is 30.9 Å². The summed E-state index contributed by atoms with van der Waals surface area (Å²) < 4.78 is 43.4. The van der Waals surface area contributed by atoms with Gasteiger partial charge >= 0.3 is 6.18 Å². The number of ether oxygens (including phenoxy) is 1. The van der Waals surface area contributed by atoms with Gasteiger partial charge in [-0.05, 0) is 6.92 Å². The van der Waals surface area contributed by atoms with Crippen molar-refractivity contribution in [2.24, 2.45) is 5.73 Å². The van der Waals surface area contributed by atoms with Crippen LogP contribution in [-0.2, 0) is 11.0 Å². The molecule has 1 aliphatic rings. The van der Waals surface area contributed by atoms with E-state index in [0.717, 1.165) is 0 Å². The summed E-state index contributed by atoms with van der Waals surface area (Å²) in [5.74, 6) is 0.324. The molecule has 1 saturated heterocycles. The molecule has 2 N–H and O–H groups in total. The van der Waals surface area contributed by atoms with Crippen molar-refractivity contribution >= 4 is 17.5 Å². The van der Waals surface area contributed by atoms with Crippen molar-refractivity contribution in [2.45, 2.75) is 19.1 Å². The molecule has 0 spiro atoms. The minimum Gasteiger partial charge on any atom is -0.490 e. The fourth-order valence-corrected chi connectivity index (χ4v) is 2.61. The average molecular weight is 396 g/mol. The van der Waals surface area contributed by atoms with E-state index in [9.17, 15) is 18.0 Å². The third kappa shape index (κ3) is 4.66. The highest BCUT2D eigenvalue weighted by Gasteiger charge is 2.32. The number of carbonyl (C=O) groups is 1. The molecule has 1 atom stereocenters. The number of pyridine rings is 1. The van der Waals surface area contributed by atoms with Gasteiger partial charge in [-0.25, -0.2) is 9.97 Å². The highest BCUT2D eigenvalue weighted by atomic mass is 19.4. The zero-order valence-corrected chi connectivity index (χ0v) is 15.1. The smallest absolute Gasteiger partial charge is 0.419 e. The fourth-order valence-electron chi connectivity index (χ4n) is 2.61. The first-order valence-corrected chi connectivity index (χ1v) is 8.52. The van der Waals surface area contributed by atoms with Crippen molar-refractivity contribution in [3.05, 3.63) is 36.4 Å². The molecular formula is C17H19F3N6O2. The standard InChI is InChI=1S/C17H19F3N6O2/c1-11(21)10-28-14-4-13(7-22-8-14)26-3-2-25(9-15(26)27)16-23-5-12(6-24-16)17(18,19)20/h4-8,11H,2-3,9-10,21H2,1H3/t11-/m0/s1. The Balaban J connectivity index is 1.67. The number of hydrogen-bond acceptors (Lipinski definition) is 7. The van der Waals surface area contributed by atoms with E-state index in [-0.39, 0.29) is 24.4 Å². The monoisotopic (exact) mass is 396 g/mol. The molecule has 8 nitrogen and oxygen atoms in total. The number of hydrogen-bond donors (Lipinski definition) is 1. The Labute approximate surface area is 159 Å². The van der Waals surface area contributed by atoms with Crippen molar-refractivity contribution in [1.82, 2.24) is 15.0 Å². The molecular weight excluding hydrogens is 377 g/mol. The van der Waals surface area contributed by atoms with Crippen LogP contribution in [0.5, 0.6) is 5.75 Å². The van der Waals surface area contributed by atoms with Crippen molar-refractivity contribution in [3.8, 4) is 5.75 Å². The van der Waals surface area contributed by atoms with E-state index in [1.54, 1.807) is 12.3 Å². The Morgan fingerprint density at radius 2 is 1.93 bits per heavy atom. The summed E-state index contributed by atoms with van der Waals surface area (Å²) in [6.45, 7) is 2.74. The van der Waals surface area contributed by atoms with Crippen LogP contribution >= 0.6 is 0 Å². The number of alkyl halides is 3. The third-order valence-corrected chi connectivity index (χ3v) is 3.99. The predicted octanol–water partition coefficient (Wildman–Crippen LogP) is 1.47. The molecule has 150 valence electrons. The number of piperazine rings is 1. The van der Waals surface area contributed by atoms with Crippen molar-refractivity contribution in [2.75, 3.05) is 36.0 Å². The lowest BCUT2D eigenvalue weighted by Crippen LogP contribution is -2.51. The number of aromatic nitrogens is 3. The summed E-state index contributed by atoms with van der Waals surface area (Å²) in [6, 6.07) is 1.55. The van der Waals surface area contributed by atoms with Crippen LogP contribution in [0.4, 0.5) is 24.8 Å². The van der Waals surface area contributed by atoms with Crippen molar-refractivity contribution < 1.29 is 22.7 Å². The second-order valence-electron chi connectivity index (χ2n) is 6.40. The van der Waals surface area contributed by atoms with Gasteiger partial charge in [0.15, 0.2) is 0 Å². The van der Waals surface area contributed by atoms with Gasteiger partial charge in [0.25, 0.3) is 0 Å². The van der Waals surface area contributed by atoms with E-state index in [1.807, 2.05) is 6.92 Å².